The van der Waals surface area contributed by atoms with E-state index in [4.69, 9.17) is 39.8 Å². The summed E-state index contributed by atoms with van der Waals surface area (Å²) in [4.78, 5) is 17.0. The summed E-state index contributed by atoms with van der Waals surface area (Å²) >= 11 is 17.5. The lowest BCUT2D eigenvalue weighted by atomic mass is 10.1. The topological polar surface area (TPSA) is 67.2 Å². The molecule has 0 fully saturated rings. The minimum absolute atomic E-state index is 0.189. The van der Waals surface area contributed by atoms with E-state index in [1.165, 1.54) is 0 Å². The van der Waals surface area contributed by atoms with E-state index < -0.39 is 0 Å². The molecule has 1 aromatic heterocycles. The van der Waals surface area contributed by atoms with Crippen LogP contribution in [0.4, 0.5) is 5.69 Å². The molecule has 0 atom stereocenters. The number of aromatic nitrogens is 1. The number of amides is 1. The van der Waals surface area contributed by atoms with E-state index in [-0.39, 0.29) is 11.0 Å². The minimum atomic E-state index is -0.266. The average molecular weight is 470 g/mol. The molecule has 1 amide bonds. The summed E-state index contributed by atoms with van der Waals surface area (Å²) in [7, 11) is 0. The quantitative estimate of drug-likeness (QED) is 0.333. The van der Waals surface area contributed by atoms with Gasteiger partial charge in [0.15, 0.2) is 10.7 Å². The number of oxazole rings is 1. The van der Waals surface area contributed by atoms with Crippen molar-refractivity contribution >= 4 is 63.2 Å². The van der Waals surface area contributed by atoms with Crippen LogP contribution in [0.25, 0.3) is 22.6 Å². The Hall–Kier alpha value is -2.93. The fourth-order valence-electron chi connectivity index (χ4n) is 3.18. The van der Waals surface area contributed by atoms with E-state index >= 15 is 0 Å². The zero-order valence-corrected chi connectivity index (χ0v) is 19.0. The van der Waals surface area contributed by atoms with Gasteiger partial charge in [0.25, 0.3) is 5.91 Å². The first kappa shape index (κ1) is 21.3. The molecule has 0 spiro atoms. The van der Waals surface area contributed by atoms with Gasteiger partial charge in [0.05, 0.1) is 10.6 Å². The van der Waals surface area contributed by atoms with Crippen LogP contribution in [-0.2, 0) is 0 Å². The predicted molar refractivity (Wildman–Crippen MR) is 129 cm³/mol. The van der Waals surface area contributed by atoms with Crippen LogP contribution in [0, 0.1) is 13.8 Å². The van der Waals surface area contributed by atoms with Crippen LogP contribution in [0.2, 0.25) is 10.0 Å². The molecule has 0 saturated heterocycles. The van der Waals surface area contributed by atoms with Crippen molar-refractivity contribution in [2.24, 2.45) is 0 Å². The van der Waals surface area contributed by atoms with Gasteiger partial charge in [0, 0.05) is 16.3 Å². The van der Waals surface area contributed by atoms with Gasteiger partial charge in [-0.15, -0.1) is 0 Å². The van der Waals surface area contributed by atoms with Crippen molar-refractivity contribution in [1.82, 2.24) is 10.3 Å². The molecule has 31 heavy (non-hydrogen) atoms. The molecule has 2 N–H and O–H groups in total. The lowest BCUT2D eigenvalue weighted by molar-refractivity contribution is 0.0977. The smallest absolute Gasteiger partial charge is 0.257 e. The lowest BCUT2D eigenvalue weighted by Gasteiger charge is -2.11. The summed E-state index contributed by atoms with van der Waals surface area (Å²) in [5.41, 5.74) is 5.08. The van der Waals surface area contributed by atoms with E-state index in [2.05, 4.69) is 15.6 Å². The first-order chi connectivity index (χ1) is 14.8. The normalized spacial score (nSPS) is 10.8. The van der Waals surface area contributed by atoms with Crippen LogP contribution in [0.15, 0.2) is 59.0 Å². The third-order valence-corrected chi connectivity index (χ3v) is 5.41. The molecule has 1 heterocycles. The van der Waals surface area contributed by atoms with E-state index in [0.717, 1.165) is 11.1 Å². The Bertz CT molecular complexity index is 1330. The van der Waals surface area contributed by atoms with Crippen molar-refractivity contribution in [3.63, 3.8) is 0 Å². The van der Waals surface area contributed by atoms with E-state index in [1.54, 1.807) is 42.5 Å². The second-order valence-electron chi connectivity index (χ2n) is 7.05. The van der Waals surface area contributed by atoms with Gasteiger partial charge in [-0.2, -0.15) is 0 Å². The second-order valence-corrected chi connectivity index (χ2v) is 8.30. The zero-order chi connectivity index (χ0) is 22.1. The number of rotatable bonds is 3. The van der Waals surface area contributed by atoms with Gasteiger partial charge >= 0.3 is 0 Å². The summed E-state index contributed by atoms with van der Waals surface area (Å²) in [6.45, 7) is 3.87. The fraction of sp³-hybridized carbons (Fsp3) is 0.0870. The van der Waals surface area contributed by atoms with Crippen molar-refractivity contribution < 1.29 is 9.21 Å². The van der Waals surface area contributed by atoms with Gasteiger partial charge in [-0.1, -0.05) is 40.9 Å². The van der Waals surface area contributed by atoms with E-state index in [1.807, 2.05) is 26.0 Å². The standard InChI is InChI=1S/C23H17Cl2N3O2S/c1-12-3-6-16(13(2)9-12)21(29)28-23(31)26-15-5-8-20-19(11-15)27-22(30-20)17-7-4-14(24)10-18(17)25/h3-11H,1-2H3,(H2,26,28,29,31). The Morgan fingerprint density at radius 2 is 1.84 bits per heavy atom. The van der Waals surface area contributed by atoms with Gasteiger partial charge in [-0.3, -0.25) is 10.1 Å². The summed E-state index contributed by atoms with van der Waals surface area (Å²) in [5, 5.41) is 6.89. The highest BCUT2D eigenvalue weighted by molar-refractivity contribution is 7.80. The number of fused-ring (bicyclic) bond motifs is 1. The zero-order valence-electron chi connectivity index (χ0n) is 16.6. The van der Waals surface area contributed by atoms with Gasteiger partial charge in [0.2, 0.25) is 5.89 Å². The number of hydrogen-bond acceptors (Lipinski definition) is 4. The summed E-state index contributed by atoms with van der Waals surface area (Å²) in [6.07, 6.45) is 0. The lowest BCUT2D eigenvalue weighted by Crippen LogP contribution is -2.34. The van der Waals surface area contributed by atoms with Gasteiger partial charge in [0.1, 0.15) is 5.52 Å². The molecule has 4 rings (SSSR count). The van der Waals surface area contributed by atoms with Gasteiger partial charge < -0.3 is 9.73 Å². The molecule has 8 heteroatoms. The Kier molecular flexibility index (Phi) is 5.96. The highest BCUT2D eigenvalue weighted by Crippen LogP contribution is 2.32. The molecule has 0 radical (unpaired) electrons. The molecule has 0 aliphatic heterocycles. The summed E-state index contributed by atoms with van der Waals surface area (Å²) < 4.78 is 5.81. The second kappa shape index (κ2) is 8.67. The molecular weight excluding hydrogens is 453 g/mol. The molecule has 4 aromatic rings. The summed E-state index contributed by atoms with van der Waals surface area (Å²) in [6, 6.07) is 16.1. The maximum absolute atomic E-state index is 12.5. The van der Waals surface area contributed by atoms with Crippen LogP contribution in [0.1, 0.15) is 21.5 Å². The van der Waals surface area contributed by atoms with Crippen molar-refractivity contribution in [2.45, 2.75) is 13.8 Å². The molecule has 0 unspecified atom stereocenters. The molecule has 0 bridgehead atoms. The van der Waals surface area contributed by atoms with Crippen molar-refractivity contribution in [3.8, 4) is 11.5 Å². The number of nitrogens with zero attached hydrogens (tertiary/aromatic N) is 1. The monoisotopic (exact) mass is 469 g/mol. The predicted octanol–water partition coefficient (Wildman–Crippen LogP) is 6.55. The van der Waals surface area contributed by atoms with Crippen LogP contribution >= 0.6 is 35.4 Å². The Morgan fingerprint density at radius 1 is 1.03 bits per heavy atom. The van der Waals surface area contributed by atoms with Crippen molar-refractivity contribution in [2.75, 3.05) is 5.32 Å². The average Bonchev–Trinajstić information content (AvgIpc) is 3.10. The van der Waals surface area contributed by atoms with Crippen molar-refractivity contribution in [3.05, 3.63) is 81.3 Å². The number of halogens is 2. The first-order valence-electron chi connectivity index (χ1n) is 9.36. The molecule has 0 saturated carbocycles. The summed E-state index contributed by atoms with van der Waals surface area (Å²) in [5.74, 6) is 0.122. The molecule has 3 aromatic carbocycles. The van der Waals surface area contributed by atoms with Gasteiger partial charge in [-0.25, -0.2) is 4.98 Å². The van der Waals surface area contributed by atoms with E-state index in [0.29, 0.717) is 43.9 Å². The van der Waals surface area contributed by atoms with Crippen LogP contribution in [0.5, 0.6) is 0 Å². The van der Waals surface area contributed by atoms with E-state index in [9.17, 15) is 4.79 Å². The van der Waals surface area contributed by atoms with Crippen LogP contribution in [-0.4, -0.2) is 16.0 Å². The largest absolute Gasteiger partial charge is 0.436 e. The number of carbonyl (C=O) groups is 1. The Labute approximate surface area is 194 Å². The number of thiocarbonyl (C=S) groups is 1. The van der Waals surface area contributed by atoms with Crippen LogP contribution < -0.4 is 10.6 Å². The third-order valence-electron chi connectivity index (χ3n) is 4.66. The molecule has 0 aliphatic carbocycles. The SMILES string of the molecule is Cc1ccc(C(=O)NC(=S)Nc2ccc3oc(-c4ccc(Cl)cc4Cl)nc3c2)c(C)c1. The molecule has 5 nitrogen and oxygen atoms in total. The van der Waals surface area contributed by atoms with Crippen LogP contribution in [0.3, 0.4) is 0 Å². The Morgan fingerprint density at radius 3 is 2.58 bits per heavy atom. The fourth-order valence-corrected chi connectivity index (χ4v) is 3.88. The molecule has 0 aliphatic rings. The third kappa shape index (κ3) is 4.71. The van der Waals surface area contributed by atoms with Crippen molar-refractivity contribution in [1.29, 1.82) is 0 Å². The maximum Gasteiger partial charge on any atom is 0.257 e. The number of hydrogen-bond donors (Lipinski definition) is 2. The maximum atomic E-state index is 12.5. The number of anilines is 1. The molecular formula is C23H17Cl2N3O2S. The highest BCUT2D eigenvalue weighted by Gasteiger charge is 2.14. The number of nitrogens with one attached hydrogen (secondary N) is 2. The number of benzene rings is 3. The first-order valence-corrected chi connectivity index (χ1v) is 10.5. The van der Waals surface area contributed by atoms with Gasteiger partial charge in [-0.05, 0) is 74.1 Å². The Balaban J connectivity index is 1.51. The minimum Gasteiger partial charge on any atom is -0.436 e. The molecule has 156 valence electrons. The highest BCUT2D eigenvalue weighted by atomic mass is 35.5. The number of aryl methyl sites for hydroxylation is 2. The number of carbonyl (C=O) groups excluding carboxylic acids is 1.